The maximum absolute atomic E-state index is 10.9. The summed E-state index contributed by atoms with van der Waals surface area (Å²) in [6.45, 7) is 0. The van der Waals surface area contributed by atoms with Gasteiger partial charge >= 0.3 is 5.97 Å². The molecule has 0 saturated carbocycles. The number of carbonyl (C=O) groups is 1. The molecule has 0 radical (unpaired) electrons. The molecule has 3 aromatic rings. The number of allylic oxidation sites excluding steroid dienone is 1. The van der Waals surface area contributed by atoms with E-state index in [4.69, 9.17) is 14.8 Å². The Bertz CT molecular complexity index is 1080. The normalized spacial score (nSPS) is 10.8. The van der Waals surface area contributed by atoms with Crippen molar-refractivity contribution in [2.75, 3.05) is 0 Å². The number of furan rings is 1. The molecule has 5 nitrogen and oxygen atoms in total. The molecule has 1 heterocycles. The molecule has 1 N–H and O–H groups in total. The van der Waals surface area contributed by atoms with Gasteiger partial charge in [-0.15, -0.1) is 0 Å². The van der Waals surface area contributed by atoms with Gasteiger partial charge in [0.15, 0.2) is 0 Å². The van der Waals surface area contributed by atoms with E-state index in [0.717, 1.165) is 5.56 Å². The monoisotopic (exact) mass is 340 g/mol. The van der Waals surface area contributed by atoms with Crippen molar-refractivity contribution in [1.82, 2.24) is 0 Å². The summed E-state index contributed by atoms with van der Waals surface area (Å²) in [7, 11) is 0. The summed E-state index contributed by atoms with van der Waals surface area (Å²) in [5.41, 5.74) is 2.42. The molecule has 0 aliphatic heterocycles. The molecule has 2 aromatic carbocycles. The quantitative estimate of drug-likeness (QED) is 0.701. The first kappa shape index (κ1) is 16.8. The van der Waals surface area contributed by atoms with Crippen molar-refractivity contribution in [2.24, 2.45) is 0 Å². The predicted octanol–water partition coefficient (Wildman–Crippen LogP) is 4.58. The van der Waals surface area contributed by atoms with E-state index in [-0.39, 0.29) is 5.56 Å². The van der Waals surface area contributed by atoms with Crippen molar-refractivity contribution >= 4 is 17.6 Å². The molecule has 0 fully saturated rings. The van der Waals surface area contributed by atoms with E-state index in [0.29, 0.717) is 28.2 Å². The summed E-state index contributed by atoms with van der Waals surface area (Å²) >= 11 is 0. The zero-order valence-electron chi connectivity index (χ0n) is 13.5. The van der Waals surface area contributed by atoms with Crippen LogP contribution in [0.4, 0.5) is 0 Å². The molecule has 0 aliphatic carbocycles. The van der Waals surface area contributed by atoms with Crippen molar-refractivity contribution < 1.29 is 14.3 Å². The Morgan fingerprint density at radius 1 is 1.00 bits per heavy atom. The lowest BCUT2D eigenvalue weighted by molar-refractivity contribution is 0.0697. The molecule has 124 valence electrons. The molecule has 3 rings (SSSR count). The number of hydrogen-bond donors (Lipinski definition) is 1. The average Bonchev–Trinajstić information content (AvgIpc) is 3.15. The fourth-order valence-electron chi connectivity index (χ4n) is 2.44. The van der Waals surface area contributed by atoms with Gasteiger partial charge < -0.3 is 9.52 Å². The number of benzene rings is 2. The van der Waals surface area contributed by atoms with Gasteiger partial charge in [0.05, 0.1) is 28.8 Å². The van der Waals surface area contributed by atoms with Crippen molar-refractivity contribution in [2.45, 2.75) is 0 Å². The van der Waals surface area contributed by atoms with Crippen LogP contribution in [0.1, 0.15) is 27.2 Å². The Labute approximate surface area is 149 Å². The molecule has 1 aromatic heterocycles. The summed E-state index contributed by atoms with van der Waals surface area (Å²) in [5.74, 6) is 0.0651. The van der Waals surface area contributed by atoms with Gasteiger partial charge in [-0.05, 0) is 48.0 Å². The van der Waals surface area contributed by atoms with E-state index >= 15 is 0 Å². The second-order valence-corrected chi connectivity index (χ2v) is 5.45. The van der Waals surface area contributed by atoms with Crippen LogP contribution < -0.4 is 0 Å². The highest BCUT2D eigenvalue weighted by molar-refractivity contribution is 5.89. The van der Waals surface area contributed by atoms with E-state index in [1.807, 2.05) is 6.07 Å². The second-order valence-electron chi connectivity index (χ2n) is 5.45. The van der Waals surface area contributed by atoms with E-state index in [1.165, 1.54) is 12.1 Å². The van der Waals surface area contributed by atoms with Gasteiger partial charge in [0, 0.05) is 5.56 Å². The van der Waals surface area contributed by atoms with Crippen LogP contribution >= 0.6 is 0 Å². The standard InChI is InChI=1S/C21H12N2O3/c22-12-14-2-1-3-17(10-14)18(13-23)11-19-8-9-20(26-19)15-4-6-16(7-5-15)21(24)25/h1-11H,(H,24,25)/b18-11-. The molecule has 0 saturated heterocycles. The van der Waals surface area contributed by atoms with Gasteiger partial charge in [0.2, 0.25) is 0 Å². The Morgan fingerprint density at radius 3 is 2.42 bits per heavy atom. The minimum absolute atomic E-state index is 0.199. The van der Waals surface area contributed by atoms with Crippen LogP contribution in [0, 0.1) is 22.7 Å². The van der Waals surface area contributed by atoms with Crippen molar-refractivity contribution in [3.63, 3.8) is 0 Å². The first-order chi connectivity index (χ1) is 12.6. The molecule has 0 atom stereocenters. The van der Waals surface area contributed by atoms with Crippen LogP contribution in [0.15, 0.2) is 65.1 Å². The maximum atomic E-state index is 10.9. The molecule has 0 bridgehead atoms. The van der Waals surface area contributed by atoms with Gasteiger partial charge in [-0.25, -0.2) is 4.79 Å². The summed E-state index contributed by atoms with van der Waals surface area (Å²) in [4.78, 5) is 10.9. The van der Waals surface area contributed by atoms with Crippen LogP contribution in [0.25, 0.3) is 23.0 Å². The smallest absolute Gasteiger partial charge is 0.335 e. The Kier molecular flexibility index (Phi) is 4.65. The number of aromatic carboxylic acids is 1. The third kappa shape index (κ3) is 3.53. The molecule has 0 unspecified atom stereocenters. The molecule has 5 heteroatoms. The third-order valence-corrected chi connectivity index (χ3v) is 3.75. The molecule has 0 amide bonds. The van der Waals surface area contributed by atoms with E-state index in [9.17, 15) is 10.1 Å². The minimum Gasteiger partial charge on any atom is -0.478 e. The van der Waals surface area contributed by atoms with E-state index in [2.05, 4.69) is 6.07 Å². The van der Waals surface area contributed by atoms with E-state index < -0.39 is 5.97 Å². The van der Waals surface area contributed by atoms with Gasteiger partial charge in [-0.1, -0.05) is 24.3 Å². The topological polar surface area (TPSA) is 98.0 Å². The highest BCUT2D eigenvalue weighted by atomic mass is 16.4. The predicted molar refractivity (Wildman–Crippen MR) is 95.7 cm³/mol. The largest absolute Gasteiger partial charge is 0.478 e. The Morgan fingerprint density at radius 2 is 1.77 bits per heavy atom. The van der Waals surface area contributed by atoms with Gasteiger partial charge in [0.25, 0.3) is 0 Å². The van der Waals surface area contributed by atoms with Crippen molar-refractivity contribution in [1.29, 1.82) is 10.5 Å². The van der Waals surface area contributed by atoms with E-state index in [1.54, 1.807) is 54.6 Å². The van der Waals surface area contributed by atoms with Gasteiger partial charge in [0.1, 0.15) is 11.5 Å². The number of carboxylic acid groups (broad SMARTS) is 1. The zero-order valence-corrected chi connectivity index (χ0v) is 13.5. The fourth-order valence-corrected chi connectivity index (χ4v) is 2.44. The highest BCUT2D eigenvalue weighted by Crippen LogP contribution is 2.25. The van der Waals surface area contributed by atoms with Gasteiger partial charge in [-0.2, -0.15) is 10.5 Å². The number of hydrogen-bond acceptors (Lipinski definition) is 4. The molecule has 0 spiro atoms. The number of nitriles is 2. The molecular formula is C21H12N2O3. The number of nitrogens with zero attached hydrogens (tertiary/aromatic N) is 2. The number of carboxylic acids is 1. The fraction of sp³-hybridized carbons (Fsp3) is 0. The SMILES string of the molecule is N#C/C(=C/c1ccc(-c2ccc(C(=O)O)cc2)o1)c1cccc(C#N)c1. The van der Waals surface area contributed by atoms with Crippen LogP contribution in [0.5, 0.6) is 0 Å². The summed E-state index contributed by atoms with van der Waals surface area (Å²) in [5, 5.41) is 27.3. The lowest BCUT2D eigenvalue weighted by Gasteiger charge is -2.00. The van der Waals surface area contributed by atoms with Gasteiger partial charge in [-0.3, -0.25) is 0 Å². The Hall–Kier alpha value is -4.09. The van der Waals surface area contributed by atoms with Crippen molar-refractivity contribution in [3.8, 4) is 23.5 Å². The van der Waals surface area contributed by atoms with Crippen LogP contribution in [-0.2, 0) is 0 Å². The first-order valence-electron chi connectivity index (χ1n) is 7.66. The Balaban J connectivity index is 1.91. The number of rotatable bonds is 4. The average molecular weight is 340 g/mol. The molecule has 0 aliphatic rings. The second kappa shape index (κ2) is 7.21. The maximum Gasteiger partial charge on any atom is 0.335 e. The van der Waals surface area contributed by atoms with Crippen LogP contribution in [0.3, 0.4) is 0 Å². The van der Waals surface area contributed by atoms with Crippen LogP contribution in [0.2, 0.25) is 0 Å². The third-order valence-electron chi connectivity index (χ3n) is 3.75. The minimum atomic E-state index is -0.988. The highest BCUT2D eigenvalue weighted by Gasteiger charge is 2.08. The van der Waals surface area contributed by atoms with Crippen LogP contribution in [-0.4, -0.2) is 11.1 Å². The van der Waals surface area contributed by atoms with Crippen molar-refractivity contribution in [3.05, 3.63) is 83.1 Å². The first-order valence-corrected chi connectivity index (χ1v) is 7.66. The lowest BCUT2D eigenvalue weighted by Crippen LogP contribution is -1.94. The lowest BCUT2D eigenvalue weighted by atomic mass is 10.0. The summed E-state index contributed by atoms with van der Waals surface area (Å²) in [6.07, 6.45) is 1.60. The summed E-state index contributed by atoms with van der Waals surface area (Å²) in [6, 6.07) is 20.8. The molecular weight excluding hydrogens is 328 g/mol. The molecule has 26 heavy (non-hydrogen) atoms. The summed E-state index contributed by atoms with van der Waals surface area (Å²) < 4.78 is 5.74. The zero-order chi connectivity index (χ0) is 18.5.